The van der Waals surface area contributed by atoms with Crippen molar-refractivity contribution in [2.75, 3.05) is 10.4 Å². The maximum Gasteiger partial charge on any atom is 0.250 e. The number of H-pyrrole nitrogens is 1. The van der Waals surface area contributed by atoms with Gasteiger partial charge in [0.25, 0.3) is 0 Å². The minimum atomic E-state index is -0.572. The van der Waals surface area contributed by atoms with E-state index >= 15 is 0 Å². The van der Waals surface area contributed by atoms with Crippen LogP contribution in [0.1, 0.15) is 15.9 Å². The molecule has 8 nitrogen and oxygen atoms in total. The average molecular weight is 433 g/mol. The third kappa shape index (κ3) is 3.58. The number of nitrogens with zero attached hydrogens (tertiary/aromatic N) is 2. The van der Waals surface area contributed by atoms with Gasteiger partial charge in [-0.25, -0.2) is 4.98 Å². The molecular weight excluding hydrogens is 416 g/mol. The Hall–Kier alpha value is -3.88. The summed E-state index contributed by atoms with van der Waals surface area (Å²) in [6.45, 7) is 0.549. The highest BCUT2D eigenvalue weighted by atomic mass is 35.5. The molecule has 0 radical (unpaired) electrons. The summed E-state index contributed by atoms with van der Waals surface area (Å²) in [5.74, 6) is 0.159. The fourth-order valence-electron chi connectivity index (χ4n) is 3.57. The number of hydrogen-bond acceptors (Lipinski definition) is 6. The molecule has 5 N–H and O–H groups in total. The van der Waals surface area contributed by atoms with Crippen LogP contribution in [-0.4, -0.2) is 15.9 Å². The van der Waals surface area contributed by atoms with Crippen LogP contribution >= 0.6 is 11.6 Å². The van der Waals surface area contributed by atoms with Crippen molar-refractivity contribution in [2.45, 2.75) is 6.54 Å². The summed E-state index contributed by atoms with van der Waals surface area (Å²) in [4.78, 5) is 30.5. The number of nitrogens with one attached hydrogen (secondary N) is 3. The minimum Gasteiger partial charge on any atom is -0.366 e. The number of aromatic nitrogens is 2. The quantitative estimate of drug-likeness (QED) is 0.393. The summed E-state index contributed by atoms with van der Waals surface area (Å²) in [5, 5.41) is 3.13. The van der Waals surface area contributed by atoms with E-state index in [1.807, 2.05) is 35.3 Å². The number of rotatable bonds is 4. The summed E-state index contributed by atoms with van der Waals surface area (Å²) in [6, 6.07) is 18.0. The summed E-state index contributed by atoms with van der Waals surface area (Å²) >= 11 is 6.20. The Balaban J connectivity index is 1.45. The van der Waals surface area contributed by atoms with E-state index in [-0.39, 0.29) is 16.1 Å². The van der Waals surface area contributed by atoms with Crippen molar-refractivity contribution in [3.8, 4) is 11.3 Å². The highest BCUT2D eigenvalue weighted by Crippen LogP contribution is 2.32. The average Bonchev–Trinajstić information content (AvgIpc) is 3.15. The van der Waals surface area contributed by atoms with Crippen molar-refractivity contribution >= 4 is 39.9 Å². The first-order valence-electron chi connectivity index (χ1n) is 9.50. The lowest BCUT2D eigenvalue weighted by Crippen LogP contribution is -2.35. The lowest BCUT2D eigenvalue weighted by Gasteiger charge is -2.18. The molecule has 1 aliphatic heterocycles. The lowest BCUT2D eigenvalue weighted by atomic mass is 10.1. The molecule has 0 saturated heterocycles. The zero-order valence-corrected chi connectivity index (χ0v) is 16.9. The number of anilines is 2. The summed E-state index contributed by atoms with van der Waals surface area (Å²) < 4.78 is 0. The Morgan fingerprint density at radius 1 is 1.06 bits per heavy atom. The van der Waals surface area contributed by atoms with Gasteiger partial charge < -0.3 is 16.1 Å². The summed E-state index contributed by atoms with van der Waals surface area (Å²) in [5.41, 5.74) is 15.9. The largest absolute Gasteiger partial charge is 0.366 e. The van der Waals surface area contributed by atoms with Gasteiger partial charge in [0.05, 0.1) is 28.5 Å². The van der Waals surface area contributed by atoms with Crippen molar-refractivity contribution in [3.05, 3.63) is 87.2 Å². The van der Waals surface area contributed by atoms with Crippen molar-refractivity contribution in [1.29, 1.82) is 0 Å². The molecule has 9 heteroatoms. The van der Waals surface area contributed by atoms with E-state index in [1.165, 1.54) is 6.07 Å². The predicted molar refractivity (Wildman–Crippen MR) is 121 cm³/mol. The van der Waals surface area contributed by atoms with Crippen LogP contribution in [-0.2, 0) is 6.54 Å². The Kier molecular flexibility index (Phi) is 4.58. The van der Waals surface area contributed by atoms with Gasteiger partial charge in [0.15, 0.2) is 5.82 Å². The Bertz CT molecular complexity index is 1400. The van der Waals surface area contributed by atoms with Crippen molar-refractivity contribution < 1.29 is 4.79 Å². The summed E-state index contributed by atoms with van der Waals surface area (Å²) in [6.07, 6.45) is 0. The van der Waals surface area contributed by atoms with Crippen LogP contribution in [0.2, 0.25) is 5.02 Å². The minimum absolute atomic E-state index is 0.125. The van der Waals surface area contributed by atoms with Crippen LogP contribution < -0.4 is 27.3 Å². The van der Waals surface area contributed by atoms with E-state index < -0.39 is 5.91 Å². The molecule has 3 heterocycles. The zero-order valence-electron chi connectivity index (χ0n) is 16.1. The first-order chi connectivity index (χ1) is 15.0. The van der Waals surface area contributed by atoms with Gasteiger partial charge in [-0.05, 0) is 53.4 Å². The molecule has 2 aromatic heterocycles. The molecule has 1 aliphatic rings. The number of aromatic amines is 1. The van der Waals surface area contributed by atoms with Gasteiger partial charge in [0.2, 0.25) is 11.5 Å². The van der Waals surface area contributed by atoms with Crippen LogP contribution in [0.5, 0.6) is 0 Å². The number of nitrogens with two attached hydrogens (primary N) is 1. The maximum atomic E-state index is 11.5. The number of primary amides is 1. The van der Waals surface area contributed by atoms with Gasteiger partial charge in [-0.1, -0.05) is 23.7 Å². The van der Waals surface area contributed by atoms with E-state index in [9.17, 15) is 9.59 Å². The number of amides is 1. The maximum absolute atomic E-state index is 11.5. The standard InChI is InChI=1S/C22H17ClN6O2/c23-16-10-14(2-4-15(16)21(24)31)18-6-7-19-22(26-18)29(28-27-19)11-12-1-5-17-13(9-12)3-8-20(30)25-17/h1-10,27-28H,11H2,(H2,24,31)(H,25,30). The number of fused-ring (bicyclic) bond motifs is 2. The molecule has 5 rings (SSSR count). The molecule has 31 heavy (non-hydrogen) atoms. The van der Waals surface area contributed by atoms with Crippen molar-refractivity contribution in [2.24, 2.45) is 5.73 Å². The smallest absolute Gasteiger partial charge is 0.250 e. The molecule has 0 unspecified atom stereocenters. The topological polar surface area (TPSA) is 116 Å². The van der Waals surface area contributed by atoms with Crippen LogP contribution in [0, 0.1) is 0 Å². The van der Waals surface area contributed by atoms with Gasteiger partial charge in [-0.2, -0.15) is 0 Å². The number of halogens is 1. The van der Waals surface area contributed by atoms with Gasteiger partial charge in [0.1, 0.15) is 0 Å². The highest BCUT2D eigenvalue weighted by molar-refractivity contribution is 6.34. The Labute approximate surface area is 181 Å². The van der Waals surface area contributed by atoms with E-state index in [0.717, 1.165) is 33.5 Å². The zero-order chi connectivity index (χ0) is 21.5. The van der Waals surface area contributed by atoms with E-state index in [0.29, 0.717) is 12.2 Å². The molecular formula is C22H17ClN6O2. The monoisotopic (exact) mass is 432 g/mol. The SMILES string of the molecule is NC(=O)c1ccc(-c2ccc3c(n2)N(Cc2ccc4[nH]c(=O)ccc4c2)NN3)cc1Cl. The van der Waals surface area contributed by atoms with Crippen LogP contribution in [0.3, 0.4) is 0 Å². The second-order valence-corrected chi connectivity index (χ2v) is 7.60. The molecule has 0 aliphatic carbocycles. The number of benzene rings is 2. The van der Waals surface area contributed by atoms with Crippen LogP contribution in [0.4, 0.5) is 11.5 Å². The normalized spacial score (nSPS) is 12.6. The molecule has 0 bridgehead atoms. The first-order valence-corrected chi connectivity index (χ1v) is 9.88. The van der Waals surface area contributed by atoms with Gasteiger partial charge >= 0.3 is 0 Å². The van der Waals surface area contributed by atoms with Gasteiger partial charge in [0, 0.05) is 17.1 Å². The van der Waals surface area contributed by atoms with Crippen LogP contribution in [0.25, 0.3) is 22.2 Å². The van der Waals surface area contributed by atoms with E-state index in [4.69, 9.17) is 22.3 Å². The van der Waals surface area contributed by atoms with Gasteiger partial charge in [-0.3, -0.25) is 14.6 Å². The molecule has 0 spiro atoms. The molecule has 0 saturated carbocycles. The lowest BCUT2D eigenvalue weighted by molar-refractivity contribution is 0.100. The van der Waals surface area contributed by atoms with E-state index in [1.54, 1.807) is 24.3 Å². The number of hydrogen-bond donors (Lipinski definition) is 4. The van der Waals surface area contributed by atoms with Crippen molar-refractivity contribution in [1.82, 2.24) is 15.5 Å². The fraction of sp³-hybridized carbons (Fsp3) is 0.0455. The molecule has 0 fully saturated rings. The third-order valence-corrected chi connectivity index (χ3v) is 5.43. The predicted octanol–water partition coefficient (Wildman–Crippen LogP) is 3.19. The number of pyridine rings is 2. The number of carbonyl (C=O) groups is 1. The first kappa shape index (κ1) is 19.1. The molecule has 2 aromatic carbocycles. The highest BCUT2D eigenvalue weighted by Gasteiger charge is 2.21. The second kappa shape index (κ2) is 7.42. The second-order valence-electron chi connectivity index (χ2n) is 7.19. The Morgan fingerprint density at radius 2 is 1.94 bits per heavy atom. The summed E-state index contributed by atoms with van der Waals surface area (Å²) in [7, 11) is 0. The Morgan fingerprint density at radius 3 is 2.74 bits per heavy atom. The van der Waals surface area contributed by atoms with Crippen molar-refractivity contribution in [3.63, 3.8) is 0 Å². The fourth-order valence-corrected chi connectivity index (χ4v) is 3.84. The third-order valence-electron chi connectivity index (χ3n) is 5.12. The van der Waals surface area contributed by atoms with Crippen LogP contribution in [0.15, 0.2) is 65.5 Å². The van der Waals surface area contributed by atoms with Gasteiger partial charge in [-0.15, -0.1) is 5.53 Å². The molecule has 1 amide bonds. The number of carbonyl (C=O) groups excluding carboxylic acids is 1. The van der Waals surface area contributed by atoms with E-state index in [2.05, 4.69) is 15.9 Å². The molecule has 0 atom stereocenters. The molecule has 154 valence electrons. The number of hydrazine groups is 2. The molecule has 4 aromatic rings.